The average Bonchev–Trinajstić information content (AvgIpc) is 2.55. The van der Waals surface area contributed by atoms with Crippen LogP contribution in [0.4, 0.5) is 8.78 Å². The predicted molar refractivity (Wildman–Crippen MR) is 90.2 cm³/mol. The van der Waals surface area contributed by atoms with E-state index in [0.717, 1.165) is 23.3 Å². The Hall–Kier alpha value is -1.79. The van der Waals surface area contributed by atoms with Crippen molar-refractivity contribution in [3.05, 3.63) is 65.2 Å². The third kappa shape index (κ3) is 4.19. The number of sulfonamides is 1. The van der Waals surface area contributed by atoms with Gasteiger partial charge in [0.15, 0.2) is 0 Å². The van der Waals surface area contributed by atoms with E-state index >= 15 is 0 Å². The Bertz CT molecular complexity index is 802. The number of rotatable bonds is 6. The summed E-state index contributed by atoms with van der Waals surface area (Å²) in [6.07, 6.45) is 0.483. The zero-order chi connectivity index (χ0) is 17.9. The average molecular weight is 353 g/mol. The van der Waals surface area contributed by atoms with E-state index in [9.17, 15) is 17.2 Å². The first-order chi connectivity index (χ1) is 11.2. The van der Waals surface area contributed by atoms with Gasteiger partial charge < -0.3 is 0 Å². The molecular weight excluding hydrogens is 332 g/mol. The minimum atomic E-state index is -4.16. The van der Waals surface area contributed by atoms with Crippen LogP contribution >= 0.6 is 0 Å². The van der Waals surface area contributed by atoms with Crippen molar-refractivity contribution in [2.75, 3.05) is 0 Å². The summed E-state index contributed by atoms with van der Waals surface area (Å²) in [5.74, 6) is -1.41. The fraction of sp³-hybridized carbons (Fsp3) is 0.333. The molecule has 0 bridgehead atoms. The highest BCUT2D eigenvalue weighted by atomic mass is 32.2. The quantitative estimate of drug-likeness (QED) is 0.830. The van der Waals surface area contributed by atoms with Crippen molar-refractivity contribution in [3.8, 4) is 0 Å². The minimum Gasteiger partial charge on any atom is -0.207 e. The molecular formula is C18H21F2NO2S. The summed E-state index contributed by atoms with van der Waals surface area (Å²) in [7, 11) is -4.16. The van der Waals surface area contributed by atoms with Crippen molar-refractivity contribution in [2.45, 2.75) is 44.0 Å². The molecule has 0 saturated heterocycles. The topological polar surface area (TPSA) is 46.2 Å². The number of benzene rings is 2. The lowest BCUT2D eigenvalue weighted by molar-refractivity contribution is 0.528. The molecule has 0 saturated carbocycles. The van der Waals surface area contributed by atoms with Crippen LogP contribution in [0.5, 0.6) is 0 Å². The van der Waals surface area contributed by atoms with E-state index in [1.54, 1.807) is 0 Å². The number of halogens is 2. The van der Waals surface area contributed by atoms with Crippen LogP contribution in [0.25, 0.3) is 0 Å². The lowest BCUT2D eigenvalue weighted by Gasteiger charge is -2.18. The standard InChI is InChI=1S/C18H21F2NO2S/c1-4-17(14-7-5-13(6-8-14)12(2)3)21-24(22,23)18-11-15(19)9-10-16(18)20/h5-12,17,21H,4H2,1-3H3. The zero-order valence-electron chi connectivity index (χ0n) is 13.9. The van der Waals surface area contributed by atoms with Gasteiger partial charge >= 0.3 is 0 Å². The Balaban J connectivity index is 2.30. The summed E-state index contributed by atoms with van der Waals surface area (Å²) in [4.78, 5) is -0.681. The highest BCUT2D eigenvalue weighted by Gasteiger charge is 2.24. The normalized spacial score (nSPS) is 13.2. The van der Waals surface area contributed by atoms with Crippen LogP contribution in [0.3, 0.4) is 0 Å². The van der Waals surface area contributed by atoms with Crippen molar-refractivity contribution in [1.29, 1.82) is 0 Å². The molecule has 1 atom stereocenters. The van der Waals surface area contributed by atoms with Gasteiger partial charge in [-0.3, -0.25) is 0 Å². The molecule has 0 aliphatic rings. The molecule has 0 amide bonds. The van der Waals surface area contributed by atoms with E-state index in [0.29, 0.717) is 18.4 Å². The molecule has 2 aromatic carbocycles. The Morgan fingerprint density at radius 2 is 1.58 bits per heavy atom. The van der Waals surface area contributed by atoms with E-state index in [2.05, 4.69) is 18.6 Å². The van der Waals surface area contributed by atoms with Gasteiger partial charge in [-0.05, 0) is 41.7 Å². The van der Waals surface area contributed by atoms with Crippen LogP contribution in [0.1, 0.15) is 50.3 Å². The number of hydrogen-bond donors (Lipinski definition) is 1. The van der Waals surface area contributed by atoms with Crippen molar-refractivity contribution in [1.82, 2.24) is 4.72 Å². The van der Waals surface area contributed by atoms with Crippen LogP contribution in [0.15, 0.2) is 47.4 Å². The molecule has 0 aliphatic carbocycles. The first-order valence-electron chi connectivity index (χ1n) is 7.82. The lowest BCUT2D eigenvalue weighted by Crippen LogP contribution is -2.29. The molecule has 24 heavy (non-hydrogen) atoms. The Morgan fingerprint density at radius 1 is 1.00 bits per heavy atom. The summed E-state index contributed by atoms with van der Waals surface area (Å²) in [5, 5.41) is 0. The maximum absolute atomic E-state index is 13.8. The van der Waals surface area contributed by atoms with Gasteiger partial charge in [0.25, 0.3) is 0 Å². The Morgan fingerprint density at radius 3 is 2.12 bits per heavy atom. The molecule has 6 heteroatoms. The van der Waals surface area contributed by atoms with Gasteiger partial charge in [0, 0.05) is 6.04 Å². The molecule has 0 aromatic heterocycles. The van der Waals surface area contributed by atoms with E-state index in [4.69, 9.17) is 0 Å². The van der Waals surface area contributed by atoms with Crippen LogP contribution in [0, 0.1) is 11.6 Å². The monoisotopic (exact) mass is 353 g/mol. The summed E-state index contributed by atoms with van der Waals surface area (Å²) in [6, 6.07) is 9.46. The molecule has 0 aliphatic heterocycles. The van der Waals surface area contributed by atoms with Gasteiger partial charge in [-0.25, -0.2) is 21.9 Å². The van der Waals surface area contributed by atoms with Gasteiger partial charge in [-0.1, -0.05) is 45.0 Å². The summed E-state index contributed by atoms with van der Waals surface area (Å²) in [5.41, 5.74) is 1.93. The first-order valence-corrected chi connectivity index (χ1v) is 9.30. The largest absolute Gasteiger partial charge is 0.244 e. The molecule has 3 nitrogen and oxygen atoms in total. The van der Waals surface area contributed by atoms with Gasteiger partial charge in [0.1, 0.15) is 16.5 Å². The maximum Gasteiger partial charge on any atom is 0.244 e. The molecule has 130 valence electrons. The number of nitrogens with one attached hydrogen (secondary N) is 1. The smallest absolute Gasteiger partial charge is 0.207 e. The molecule has 0 heterocycles. The molecule has 0 fully saturated rings. The third-order valence-corrected chi connectivity index (χ3v) is 5.38. The molecule has 1 N–H and O–H groups in total. The fourth-order valence-electron chi connectivity index (χ4n) is 2.43. The third-order valence-electron chi connectivity index (χ3n) is 3.89. The fourth-order valence-corrected chi connectivity index (χ4v) is 3.83. The van der Waals surface area contributed by atoms with Crippen molar-refractivity contribution >= 4 is 10.0 Å². The lowest BCUT2D eigenvalue weighted by atomic mass is 9.98. The second-order valence-electron chi connectivity index (χ2n) is 5.98. The number of hydrogen-bond acceptors (Lipinski definition) is 2. The van der Waals surface area contributed by atoms with E-state index < -0.39 is 32.6 Å². The SMILES string of the molecule is CCC(NS(=O)(=O)c1cc(F)ccc1F)c1ccc(C(C)C)cc1. The minimum absolute atomic E-state index is 0.372. The molecule has 2 aromatic rings. The van der Waals surface area contributed by atoms with Gasteiger partial charge in [-0.15, -0.1) is 0 Å². The summed E-state index contributed by atoms with van der Waals surface area (Å²) < 4.78 is 54.3. The molecule has 2 rings (SSSR count). The van der Waals surface area contributed by atoms with Crippen LogP contribution in [-0.2, 0) is 10.0 Å². The summed E-state index contributed by atoms with van der Waals surface area (Å²) >= 11 is 0. The summed E-state index contributed by atoms with van der Waals surface area (Å²) in [6.45, 7) is 5.97. The van der Waals surface area contributed by atoms with Crippen molar-refractivity contribution in [3.63, 3.8) is 0 Å². The van der Waals surface area contributed by atoms with Gasteiger partial charge in [0.05, 0.1) is 0 Å². The molecule has 0 radical (unpaired) electrons. The van der Waals surface area contributed by atoms with Crippen LogP contribution in [-0.4, -0.2) is 8.42 Å². The van der Waals surface area contributed by atoms with Crippen molar-refractivity contribution in [2.24, 2.45) is 0 Å². The highest BCUT2D eigenvalue weighted by molar-refractivity contribution is 7.89. The molecule has 0 spiro atoms. The van der Waals surface area contributed by atoms with Crippen LogP contribution in [0.2, 0.25) is 0 Å². The second-order valence-corrected chi connectivity index (χ2v) is 7.66. The first kappa shape index (κ1) is 18.5. The van der Waals surface area contributed by atoms with E-state index in [1.807, 2.05) is 31.2 Å². The maximum atomic E-state index is 13.8. The van der Waals surface area contributed by atoms with Crippen molar-refractivity contribution < 1.29 is 17.2 Å². The van der Waals surface area contributed by atoms with E-state index in [1.165, 1.54) is 0 Å². The Labute approximate surface area is 141 Å². The van der Waals surface area contributed by atoms with Gasteiger partial charge in [-0.2, -0.15) is 0 Å². The Kier molecular flexibility index (Phi) is 5.72. The highest BCUT2D eigenvalue weighted by Crippen LogP contribution is 2.24. The van der Waals surface area contributed by atoms with Crippen LogP contribution < -0.4 is 4.72 Å². The molecule has 1 unspecified atom stereocenters. The predicted octanol–water partition coefficient (Wildman–Crippen LogP) is 4.52. The second kappa shape index (κ2) is 7.40. The van der Waals surface area contributed by atoms with Gasteiger partial charge in [0.2, 0.25) is 10.0 Å². The van der Waals surface area contributed by atoms with E-state index in [-0.39, 0.29) is 0 Å². The zero-order valence-corrected chi connectivity index (χ0v) is 14.7.